The van der Waals surface area contributed by atoms with Crippen molar-refractivity contribution in [3.05, 3.63) is 53.3 Å². The molecule has 0 saturated carbocycles. The zero-order valence-corrected chi connectivity index (χ0v) is 11.1. The quantitative estimate of drug-likeness (QED) is 0.762. The number of aryl methyl sites for hydroxylation is 2. The molecule has 4 heteroatoms. The molecule has 0 spiro atoms. The van der Waals surface area contributed by atoms with Crippen molar-refractivity contribution in [2.75, 3.05) is 0 Å². The van der Waals surface area contributed by atoms with Gasteiger partial charge in [0.05, 0.1) is 5.69 Å². The number of rotatable bonds is 2. The molecule has 96 valence electrons. The SMILES string of the molecule is Cc1nc2cc(-c3ccccc3)nn2c(C)c1CN. The molecule has 0 bridgehead atoms. The molecule has 3 aromatic rings. The van der Waals surface area contributed by atoms with Crippen molar-refractivity contribution in [3.63, 3.8) is 0 Å². The first-order valence-corrected chi connectivity index (χ1v) is 6.32. The second kappa shape index (κ2) is 4.48. The molecule has 19 heavy (non-hydrogen) atoms. The fraction of sp³-hybridized carbons (Fsp3) is 0.200. The van der Waals surface area contributed by atoms with Gasteiger partial charge in [-0.25, -0.2) is 9.50 Å². The molecule has 0 atom stereocenters. The van der Waals surface area contributed by atoms with E-state index < -0.39 is 0 Å². The van der Waals surface area contributed by atoms with Crippen molar-refractivity contribution >= 4 is 5.65 Å². The monoisotopic (exact) mass is 252 g/mol. The number of hydrogen-bond acceptors (Lipinski definition) is 3. The van der Waals surface area contributed by atoms with Crippen LogP contribution in [0.3, 0.4) is 0 Å². The minimum atomic E-state index is 0.487. The highest BCUT2D eigenvalue weighted by Crippen LogP contribution is 2.21. The van der Waals surface area contributed by atoms with E-state index >= 15 is 0 Å². The zero-order valence-electron chi connectivity index (χ0n) is 11.1. The maximum Gasteiger partial charge on any atom is 0.156 e. The number of hydrogen-bond donors (Lipinski definition) is 1. The van der Waals surface area contributed by atoms with E-state index in [1.54, 1.807) is 0 Å². The lowest BCUT2D eigenvalue weighted by Crippen LogP contribution is -2.09. The summed E-state index contributed by atoms with van der Waals surface area (Å²) in [5.41, 5.74) is 11.8. The predicted molar refractivity (Wildman–Crippen MR) is 75.8 cm³/mol. The van der Waals surface area contributed by atoms with Crippen LogP contribution in [0.4, 0.5) is 0 Å². The molecule has 0 saturated heterocycles. The first kappa shape index (κ1) is 11.9. The lowest BCUT2D eigenvalue weighted by atomic mass is 10.1. The number of benzene rings is 1. The summed E-state index contributed by atoms with van der Waals surface area (Å²) in [6.07, 6.45) is 0. The van der Waals surface area contributed by atoms with Crippen molar-refractivity contribution in [3.8, 4) is 11.3 Å². The molecule has 0 radical (unpaired) electrons. The summed E-state index contributed by atoms with van der Waals surface area (Å²) in [6, 6.07) is 12.1. The van der Waals surface area contributed by atoms with Gasteiger partial charge >= 0.3 is 0 Å². The molecule has 0 aliphatic rings. The first-order valence-electron chi connectivity index (χ1n) is 6.32. The van der Waals surface area contributed by atoms with E-state index in [0.717, 1.165) is 33.9 Å². The van der Waals surface area contributed by atoms with E-state index in [-0.39, 0.29) is 0 Å². The van der Waals surface area contributed by atoms with Gasteiger partial charge in [-0.2, -0.15) is 5.10 Å². The van der Waals surface area contributed by atoms with Gasteiger partial charge in [0.25, 0.3) is 0 Å². The van der Waals surface area contributed by atoms with Crippen LogP contribution in [0.5, 0.6) is 0 Å². The highest BCUT2D eigenvalue weighted by atomic mass is 15.3. The molecule has 0 aliphatic carbocycles. The topological polar surface area (TPSA) is 56.2 Å². The Kier molecular flexibility index (Phi) is 2.80. The molecular weight excluding hydrogens is 236 g/mol. The molecule has 0 aliphatic heterocycles. The Balaban J connectivity index is 2.24. The van der Waals surface area contributed by atoms with Gasteiger partial charge in [-0.3, -0.25) is 0 Å². The van der Waals surface area contributed by atoms with Gasteiger partial charge in [0, 0.05) is 35.1 Å². The number of aromatic nitrogens is 3. The Morgan fingerprint density at radius 3 is 2.58 bits per heavy atom. The lowest BCUT2D eigenvalue weighted by molar-refractivity contribution is 0.845. The van der Waals surface area contributed by atoms with Crippen molar-refractivity contribution in [1.82, 2.24) is 14.6 Å². The molecule has 4 nitrogen and oxygen atoms in total. The Hall–Kier alpha value is -2.20. The van der Waals surface area contributed by atoms with E-state index in [4.69, 9.17) is 5.73 Å². The lowest BCUT2D eigenvalue weighted by Gasteiger charge is -2.08. The predicted octanol–water partition coefficient (Wildman–Crippen LogP) is 2.47. The van der Waals surface area contributed by atoms with E-state index in [1.165, 1.54) is 0 Å². The van der Waals surface area contributed by atoms with Gasteiger partial charge in [-0.15, -0.1) is 0 Å². The van der Waals surface area contributed by atoms with Gasteiger partial charge < -0.3 is 5.73 Å². The molecule has 0 fully saturated rings. The molecule has 1 aromatic carbocycles. The number of fused-ring (bicyclic) bond motifs is 1. The summed E-state index contributed by atoms with van der Waals surface area (Å²) in [6.45, 7) is 4.51. The smallest absolute Gasteiger partial charge is 0.156 e. The van der Waals surface area contributed by atoms with E-state index in [9.17, 15) is 0 Å². The summed E-state index contributed by atoms with van der Waals surface area (Å²) in [7, 11) is 0. The molecule has 2 N–H and O–H groups in total. The van der Waals surface area contributed by atoms with E-state index in [2.05, 4.69) is 10.1 Å². The van der Waals surface area contributed by atoms with E-state index in [1.807, 2.05) is 54.8 Å². The van der Waals surface area contributed by atoms with Crippen molar-refractivity contribution in [2.45, 2.75) is 20.4 Å². The summed E-state index contributed by atoms with van der Waals surface area (Å²) in [4.78, 5) is 4.57. The average molecular weight is 252 g/mol. The van der Waals surface area contributed by atoms with Crippen LogP contribution >= 0.6 is 0 Å². The van der Waals surface area contributed by atoms with Crippen LogP contribution in [0.15, 0.2) is 36.4 Å². The maximum atomic E-state index is 5.78. The van der Waals surface area contributed by atoms with Crippen LogP contribution < -0.4 is 5.73 Å². The van der Waals surface area contributed by atoms with Gasteiger partial charge in [0.15, 0.2) is 5.65 Å². The summed E-state index contributed by atoms with van der Waals surface area (Å²) >= 11 is 0. The fourth-order valence-corrected chi connectivity index (χ4v) is 2.37. The standard InChI is InChI=1S/C15H16N4/c1-10-13(9-16)11(2)19-15(17-10)8-14(18-19)12-6-4-3-5-7-12/h3-8H,9,16H2,1-2H3. The average Bonchev–Trinajstić information content (AvgIpc) is 2.84. The van der Waals surface area contributed by atoms with Crippen LogP contribution in [0, 0.1) is 13.8 Å². The molecule has 3 rings (SSSR count). The highest BCUT2D eigenvalue weighted by Gasteiger charge is 2.11. The van der Waals surface area contributed by atoms with E-state index in [0.29, 0.717) is 6.54 Å². The Morgan fingerprint density at radius 1 is 1.16 bits per heavy atom. The Morgan fingerprint density at radius 2 is 1.89 bits per heavy atom. The Labute approximate surface area is 111 Å². The van der Waals surface area contributed by atoms with Crippen LogP contribution in [0.25, 0.3) is 16.9 Å². The number of nitrogens with two attached hydrogens (primary N) is 1. The number of nitrogens with zero attached hydrogens (tertiary/aromatic N) is 3. The van der Waals surface area contributed by atoms with Gasteiger partial charge in [0.1, 0.15) is 0 Å². The molecule has 0 unspecified atom stereocenters. The van der Waals surface area contributed by atoms with Crippen molar-refractivity contribution in [1.29, 1.82) is 0 Å². The largest absolute Gasteiger partial charge is 0.326 e. The second-order valence-electron chi connectivity index (χ2n) is 4.63. The minimum Gasteiger partial charge on any atom is -0.326 e. The highest BCUT2D eigenvalue weighted by molar-refractivity contribution is 5.64. The normalized spacial score (nSPS) is 11.1. The van der Waals surface area contributed by atoms with Gasteiger partial charge in [-0.1, -0.05) is 30.3 Å². The summed E-state index contributed by atoms with van der Waals surface area (Å²) in [5.74, 6) is 0. The third-order valence-electron chi connectivity index (χ3n) is 3.44. The Bertz CT molecular complexity index is 729. The fourth-order valence-electron chi connectivity index (χ4n) is 2.37. The van der Waals surface area contributed by atoms with Crippen LogP contribution in [0.2, 0.25) is 0 Å². The third-order valence-corrected chi connectivity index (χ3v) is 3.44. The van der Waals surface area contributed by atoms with Crippen LogP contribution in [-0.4, -0.2) is 14.6 Å². The van der Waals surface area contributed by atoms with Crippen LogP contribution in [-0.2, 0) is 6.54 Å². The minimum absolute atomic E-state index is 0.487. The van der Waals surface area contributed by atoms with Crippen molar-refractivity contribution in [2.24, 2.45) is 5.73 Å². The molecular formula is C15H16N4. The molecule has 0 amide bonds. The third kappa shape index (κ3) is 1.90. The summed E-state index contributed by atoms with van der Waals surface area (Å²) < 4.78 is 1.87. The zero-order chi connectivity index (χ0) is 13.4. The molecule has 2 aromatic heterocycles. The molecule has 2 heterocycles. The summed E-state index contributed by atoms with van der Waals surface area (Å²) in [5, 5.41) is 4.63. The maximum absolute atomic E-state index is 5.78. The first-order chi connectivity index (χ1) is 9.20. The second-order valence-corrected chi connectivity index (χ2v) is 4.63. The van der Waals surface area contributed by atoms with Crippen LogP contribution in [0.1, 0.15) is 17.0 Å². The van der Waals surface area contributed by atoms with Gasteiger partial charge in [0.2, 0.25) is 0 Å². The van der Waals surface area contributed by atoms with Crippen molar-refractivity contribution < 1.29 is 0 Å². The van der Waals surface area contributed by atoms with Gasteiger partial charge in [-0.05, 0) is 13.8 Å².